The van der Waals surface area contributed by atoms with E-state index in [-0.39, 0.29) is 24.0 Å². The Labute approximate surface area is 205 Å². The van der Waals surface area contributed by atoms with Crippen LogP contribution >= 0.6 is 24.0 Å². The van der Waals surface area contributed by atoms with Crippen LogP contribution in [0.25, 0.3) is 5.82 Å². The van der Waals surface area contributed by atoms with Crippen molar-refractivity contribution in [3.8, 4) is 17.3 Å². The van der Waals surface area contributed by atoms with Crippen LogP contribution in [-0.4, -0.2) is 40.5 Å². The van der Waals surface area contributed by atoms with Gasteiger partial charge >= 0.3 is 0 Å². The lowest BCUT2D eigenvalue weighted by molar-refractivity contribution is 0.297. The van der Waals surface area contributed by atoms with Crippen LogP contribution in [0.2, 0.25) is 0 Å². The van der Waals surface area contributed by atoms with Crippen molar-refractivity contribution in [1.29, 1.82) is 0 Å². The van der Waals surface area contributed by atoms with Crippen LogP contribution in [-0.2, 0) is 6.54 Å². The minimum Gasteiger partial charge on any atom is -0.490 e. The van der Waals surface area contributed by atoms with E-state index in [1.54, 1.807) is 0 Å². The molecule has 32 heavy (non-hydrogen) atoms. The fourth-order valence-corrected chi connectivity index (χ4v) is 3.35. The number of rotatable bonds is 5. The fraction of sp³-hybridized carbons (Fsp3) is 0.348. The third-order valence-corrected chi connectivity index (χ3v) is 4.81. The number of pyridine rings is 1. The summed E-state index contributed by atoms with van der Waals surface area (Å²) in [6.45, 7) is 8.63. The number of ether oxygens (including phenoxy) is 2. The molecular weight excluding hydrogens is 519 g/mol. The van der Waals surface area contributed by atoms with Gasteiger partial charge in [0.05, 0.1) is 25.5 Å². The van der Waals surface area contributed by atoms with Gasteiger partial charge in [0.1, 0.15) is 0 Å². The number of anilines is 1. The number of aromatic nitrogens is 3. The lowest BCUT2D eigenvalue weighted by atomic mass is 10.2. The zero-order valence-corrected chi connectivity index (χ0v) is 20.9. The van der Waals surface area contributed by atoms with E-state index in [0.29, 0.717) is 25.7 Å². The summed E-state index contributed by atoms with van der Waals surface area (Å²) >= 11 is 0. The van der Waals surface area contributed by atoms with Gasteiger partial charge in [0, 0.05) is 36.6 Å². The van der Waals surface area contributed by atoms with E-state index in [2.05, 4.69) is 20.7 Å². The summed E-state index contributed by atoms with van der Waals surface area (Å²) in [6.07, 6.45) is 2.72. The number of hydrogen-bond donors (Lipinski definition) is 2. The molecule has 170 valence electrons. The zero-order chi connectivity index (χ0) is 21.6. The number of aryl methyl sites for hydroxylation is 2. The molecule has 0 spiro atoms. The Morgan fingerprint density at radius 2 is 1.91 bits per heavy atom. The highest BCUT2D eigenvalue weighted by molar-refractivity contribution is 14.0. The molecule has 0 aliphatic carbocycles. The highest BCUT2D eigenvalue weighted by atomic mass is 127. The molecule has 0 fully saturated rings. The number of guanidine groups is 1. The molecule has 0 radical (unpaired) electrons. The van der Waals surface area contributed by atoms with E-state index in [1.165, 1.54) is 0 Å². The summed E-state index contributed by atoms with van der Waals surface area (Å²) in [7, 11) is 0. The first-order chi connectivity index (χ1) is 15.1. The summed E-state index contributed by atoms with van der Waals surface area (Å²) in [6, 6.07) is 11.9. The van der Waals surface area contributed by atoms with Crippen LogP contribution < -0.4 is 20.1 Å². The van der Waals surface area contributed by atoms with E-state index in [9.17, 15) is 0 Å². The van der Waals surface area contributed by atoms with Gasteiger partial charge in [-0.05, 0) is 50.6 Å². The molecule has 2 N–H and O–H groups in total. The summed E-state index contributed by atoms with van der Waals surface area (Å²) in [4.78, 5) is 9.24. The number of nitrogens with one attached hydrogen (secondary N) is 2. The highest BCUT2D eigenvalue weighted by Gasteiger charge is 2.11. The smallest absolute Gasteiger partial charge is 0.196 e. The van der Waals surface area contributed by atoms with Crippen molar-refractivity contribution < 1.29 is 9.47 Å². The molecule has 3 aromatic rings. The summed E-state index contributed by atoms with van der Waals surface area (Å²) in [5, 5.41) is 11.1. The van der Waals surface area contributed by atoms with Crippen molar-refractivity contribution in [3.63, 3.8) is 0 Å². The normalized spacial score (nSPS) is 13.2. The Kier molecular flexibility index (Phi) is 8.32. The van der Waals surface area contributed by atoms with Crippen molar-refractivity contribution in [2.75, 3.05) is 25.1 Å². The number of fused-ring (bicyclic) bond motifs is 1. The average molecular weight is 548 g/mol. The lowest BCUT2D eigenvalue weighted by Gasteiger charge is -2.14. The quantitative estimate of drug-likeness (QED) is 0.282. The Hall–Kier alpha value is -2.82. The molecule has 0 bridgehead atoms. The first-order valence-electron chi connectivity index (χ1n) is 10.6. The average Bonchev–Trinajstić information content (AvgIpc) is 2.96. The van der Waals surface area contributed by atoms with Crippen molar-refractivity contribution >= 4 is 35.6 Å². The molecule has 8 nitrogen and oxygen atoms in total. The second-order valence-electron chi connectivity index (χ2n) is 7.40. The van der Waals surface area contributed by atoms with E-state index < -0.39 is 0 Å². The lowest BCUT2D eigenvalue weighted by Crippen LogP contribution is -2.30. The molecule has 0 saturated carbocycles. The maximum Gasteiger partial charge on any atom is 0.196 e. The first kappa shape index (κ1) is 23.8. The second kappa shape index (κ2) is 11.2. The number of hydrogen-bond acceptors (Lipinski definition) is 5. The van der Waals surface area contributed by atoms with Crippen molar-refractivity contribution in [3.05, 3.63) is 59.5 Å². The van der Waals surface area contributed by atoms with Crippen molar-refractivity contribution in [2.24, 2.45) is 4.99 Å². The van der Waals surface area contributed by atoms with Gasteiger partial charge < -0.3 is 20.1 Å². The van der Waals surface area contributed by atoms with E-state index in [0.717, 1.165) is 52.9 Å². The maximum atomic E-state index is 5.78. The number of nitrogens with zero attached hydrogens (tertiary/aromatic N) is 4. The molecule has 0 amide bonds. The van der Waals surface area contributed by atoms with Gasteiger partial charge in [-0.1, -0.05) is 6.07 Å². The SMILES string of the molecule is CCNC(=NCc1ccc(-n2nc(C)cc2C)nc1)Nc1ccc2c(c1)OCCCO2.I. The van der Waals surface area contributed by atoms with Gasteiger partial charge in [0.25, 0.3) is 0 Å². The standard InChI is InChI=1S/C23H28N6O2.HI/c1-4-24-23(27-19-7-8-20-21(13-19)31-11-5-10-30-20)26-15-18-6-9-22(25-14-18)29-17(3)12-16(2)28-29;/h6-9,12-14H,4-5,10-11,15H2,1-3H3,(H2,24,26,27);1H. The molecule has 2 aromatic heterocycles. The molecule has 1 aliphatic rings. The Morgan fingerprint density at radius 1 is 1.09 bits per heavy atom. The van der Waals surface area contributed by atoms with Crippen molar-refractivity contribution in [2.45, 2.75) is 33.7 Å². The molecule has 0 atom stereocenters. The minimum absolute atomic E-state index is 0. The zero-order valence-electron chi connectivity index (χ0n) is 18.6. The maximum absolute atomic E-state index is 5.78. The topological polar surface area (TPSA) is 85.6 Å². The van der Waals surface area contributed by atoms with Gasteiger partial charge in [0.2, 0.25) is 0 Å². The molecule has 1 aromatic carbocycles. The van der Waals surface area contributed by atoms with Gasteiger partial charge in [-0.3, -0.25) is 0 Å². The number of halogens is 1. The van der Waals surface area contributed by atoms with Crippen LogP contribution in [0.5, 0.6) is 11.5 Å². The van der Waals surface area contributed by atoms with Gasteiger partial charge in [-0.15, -0.1) is 24.0 Å². The number of benzene rings is 1. The third-order valence-electron chi connectivity index (χ3n) is 4.81. The highest BCUT2D eigenvalue weighted by Crippen LogP contribution is 2.32. The van der Waals surface area contributed by atoms with Gasteiger partial charge in [-0.25, -0.2) is 14.7 Å². The molecular formula is C23H29IN6O2. The van der Waals surface area contributed by atoms with E-state index >= 15 is 0 Å². The van der Waals surface area contributed by atoms with Crippen LogP contribution in [0, 0.1) is 13.8 Å². The molecule has 9 heteroatoms. The van der Waals surface area contributed by atoms with Crippen LogP contribution in [0.1, 0.15) is 30.3 Å². The van der Waals surface area contributed by atoms with Crippen LogP contribution in [0.4, 0.5) is 5.69 Å². The Balaban J connectivity index is 0.00000289. The van der Waals surface area contributed by atoms with Gasteiger partial charge in [-0.2, -0.15) is 5.10 Å². The molecule has 0 saturated heterocycles. The molecule has 4 rings (SSSR count). The van der Waals surface area contributed by atoms with Crippen LogP contribution in [0.3, 0.4) is 0 Å². The van der Waals surface area contributed by atoms with Gasteiger partial charge in [0.15, 0.2) is 23.3 Å². The molecule has 1 aliphatic heterocycles. The summed E-state index contributed by atoms with van der Waals surface area (Å²) < 4.78 is 13.3. The molecule has 0 unspecified atom stereocenters. The molecule has 3 heterocycles. The summed E-state index contributed by atoms with van der Waals surface area (Å²) in [5.74, 6) is 3.02. The van der Waals surface area contributed by atoms with Crippen molar-refractivity contribution in [1.82, 2.24) is 20.1 Å². The monoisotopic (exact) mass is 548 g/mol. The third kappa shape index (κ3) is 5.90. The largest absolute Gasteiger partial charge is 0.490 e. The minimum atomic E-state index is 0. The van der Waals surface area contributed by atoms with E-state index in [4.69, 9.17) is 14.5 Å². The Morgan fingerprint density at radius 3 is 2.59 bits per heavy atom. The summed E-state index contributed by atoms with van der Waals surface area (Å²) in [5.41, 5.74) is 3.94. The predicted octanol–water partition coefficient (Wildman–Crippen LogP) is 4.24. The first-order valence-corrected chi connectivity index (χ1v) is 10.6. The van der Waals surface area contributed by atoms with E-state index in [1.807, 2.05) is 68.0 Å². The fourth-order valence-electron chi connectivity index (χ4n) is 3.35. The second-order valence-corrected chi connectivity index (χ2v) is 7.40. The predicted molar refractivity (Wildman–Crippen MR) is 137 cm³/mol. The van der Waals surface area contributed by atoms with Crippen LogP contribution in [0.15, 0.2) is 47.6 Å². The number of aliphatic imine (C=N–C) groups is 1. The Bertz CT molecular complexity index is 1060.